The van der Waals surface area contributed by atoms with Gasteiger partial charge in [-0.1, -0.05) is 24.3 Å². The largest absolute Gasteiger partial charge is 0.353 e. The minimum absolute atomic E-state index is 0.500. The van der Waals surface area contributed by atoms with Crippen molar-refractivity contribution in [3.8, 4) is 0 Å². The third kappa shape index (κ3) is 2.30. The molecule has 0 radical (unpaired) electrons. The summed E-state index contributed by atoms with van der Waals surface area (Å²) in [6, 6.07) is 11.1. The summed E-state index contributed by atoms with van der Waals surface area (Å²) in [6.07, 6.45) is 3.84. The zero-order valence-electron chi connectivity index (χ0n) is 11.5. The van der Waals surface area contributed by atoms with Gasteiger partial charge in [-0.15, -0.1) is 0 Å². The lowest BCUT2D eigenvalue weighted by Crippen LogP contribution is -2.38. The lowest BCUT2D eigenvalue weighted by atomic mass is 10.0. The van der Waals surface area contributed by atoms with E-state index in [1.807, 2.05) is 0 Å². The first-order valence-corrected chi connectivity index (χ1v) is 7.15. The van der Waals surface area contributed by atoms with Crippen molar-refractivity contribution < 1.29 is 0 Å². The van der Waals surface area contributed by atoms with Crippen molar-refractivity contribution in [1.82, 2.24) is 4.98 Å². The predicted molar refractivity (Wildman–Crippen MR) is 80.3 cm³/mol. The molecule has 1 fully saturated rings. The molecule has 1 unspecified atom stereocenters. The van der Waals surface area contributed by atoms with Gasteiger partial charge in [0, 0.05) is 24.5 Å². The Labute approximate surface area is 114 Å². The number of nitrogens with zero attached hydrogens (tertiary/aromatic N) is 2. The van der Waals surface area contributed by atoms with Crippen LogP contribution in [0.3, 0.4) is 0 Å². The highest BCUT2D eigenvalue weighted by Crippen LogP contribution is 2.30. The highest BCUT2D eigenvalue weighted by atomic mass is 15.2. The number of hydrogen-bond acceptors (Lipinski definition) is 3. The third-order valence-corrected chi connectivity index (χ3v) is 4.06. The number of pyridine rings is 1. The molecule has 0 amide bonds. The molecule has 0 saturated carbocycles. The lowest BCUT2D eigenvalue weighted by Gasteiger charge is -2.35. The Hall–Kier alpha value is -1.61. The first kappa shape index (κ1) is 12.4. The Morgan fingerprint density at radius 3 is 2.95 bits per heavy atom. The summed E-state index contributed by atoms with van der Waals surface area (Å²) in [7, 11) is 0. The molecular weight excluding hydrogens is 234 g/mol. The van der Waals surface area contributed by atoms with Crippen molar-refractivity contribution in [2.75, 3.05) is 11.4 Å². The molecule has 2 N–H and O–H groups in total. The maximum absolute atomic E-state index is 5.79. The monoisotopic (exact) mass is 255 g/mol. The number of anilines is 1. The Morgan fingerprint density at radius 2 is 2.16 bits per heavy atom. The first-order chi connectivity index (χ1) is 9.29. The Morgan fingerprint density at radius 1 is 1.32 bits per heavy atom. The molecule has 3 heteroatoms. The summed E-state index contributed by atoms with van der Waals surface area (Å²) in [5.74, 6) is 1.12. The van der Waals surface area contributed by atoms with E-state index in [0.29, 0.717) is 12.6 Å². The molecule has 2 heterocycles. The summed E-state index contributed by atoms with van der Waals surface area (Å²) in [5, 5.41) is 2.49. The van der Waals surface area contributed by atoms with Crippen LogP contribution in [0, 0.1) is 0 Å². The summed E-state index contributed by atoms with van der Waals surface area (Å²) in [4.78, 5) is 7.24. The zero-order valence-corrected chi connectivity index (χ0v) is 11.5. The van der Waals surface area contributed by atoms with Crippen LogP contribution < -0.4 is 10.6 Å². The quantitative estimate of drug-likeness (QED) is 0.896. The minimum atomic E-state index is 0.500. The van der Waals surface area contributed by atoms with E-state index in [1.54, 1.807) is 0 Å². The highest BCUT2D eigenvalue weighted by molar-refractivity contribution is 5.92. The first-order valence-electron chi connectivity index (χ1n) is 7.15. The second kappa shape index (κ2) is 5.17. The van der Waals surface area contributed by atoms with Crippen molar-refractivity contribution in [3.63, 3.8) is 0 Å². The normalized spacial score (nSPS) is 19.9. The van der Waals surface area contributed by atoms with Crippen LogP contribution in [0.4, 0.5) is 5.82 Å². The van der Waals surface area contributed by atoms with E-state index in [-0.39, 0.29) is 0 Å². The van der Waals surface area contributed by atoms with Crippen LogP contribution in [-0.4, -0.2) is 17.6 Å². The van der Waals surface area contributed by atoms with E-state index in [0.717, 1.165) is 18.1 Å². The van der Waals surface area contributed by atoms with Gasteiger partial charge in [-0.25, -0.2) is 4.98 Å². The molecule has 3 rings (SSSR count). The maximum Gasteiger partial charge on any atom is 0.137 e. The van der Waals surface area contributed by atoms with Crippen LogP contribution in [0.1, 0.15) is 31.9 Å². The van der Waals surface area contributed by atoms with E-state index in [4.69, 9.17) is 10.7 Å². The molecule has 1 aromatic carbocycles. The van der Waals surface area contributed by atoms with Gasteiger partial charge in [0.25, 0.3) is 0 Å². The molecule has 1 saturated heterocycles. The third-order valence-electron chi connectivity index (χ3n) is 4.06. The fourth-order valence-electron chi connectivity index (χ4n) is 2.97. The number of aromatic nitrogens is 1. The second-order valence-electron chi connectivity index (χ2n) is 5.40. The van der Waals surface area contributed by atoms with Gasteiger partial charge in [0.05, 0.1) is 5.69 Å². The lowest BCUT2D eigenvalue weighted by molar-refractivity contribution is 0.482. The molecule has 0 bridgehead atoms. The molecule has 1 aliphatic heterocycles. The van der Waals surface area contributed by atoms with Crippen LogP contribution >= 0.6 is 0 Å². The molecule has 3 nitrogen and oxygen atoms in total. The summed E-state index contributed by atoms with van der Waals surface area (Å²) >= 11 is 0. The Kier molecular flexibility index (Phi) is 3.38. The minimum Gasteiger partial charge on any atom is -0.353 e. The van der Waals surface area contributed by atoms with Crippen LogP contribution in [-0.2, 0) is 6.54 Å². The van der Waals surface area contributed by atoms with Crippen molar-refractivity contribution in [2.45, 2.75) is 38.8 Å². The highest BCUT2D eigenvalue weighted by Gasteiger charge is 2.21. The smallest absolute Gasteiger partial charge is 0.137 e. The zero-order chi connectivity index (χ0) is 13.2. The summed E-state index contributed by atoms with van der Waals surface area (Å²) in [6.45, 7) is 3.90. The summed E-state index contributed by atoms with van der Waals surface area (Å²) < 4.78 is 0. The number of rotatable bonds is 2. The van der Waals surface area contributed by atoms with Crippen LogP contribution in [0.15, 0.2) is 30.3 Å². The molecule has 19 heavy (non-hydrogen) atoms. The molecule has 1 aromatic heterocycles. The van der Waals surface area contributed by atoms with Gasteiger partial charge in [0.1, 0.15) is 5.82 Å². The Bertz CT molecular complexity index is 579. The van der Waals surface area contributed by atoms with Crippen molar-refractivity contribution in [1.29, 1.82) is 0 Å². The summed E-state index contributed by atoms with van der Waals surface area (Å²) in [5.41, 5.74) is 6.77. The van der Waals surface area contributed by atoms with Crippen molar-refractivity contribution in [3.05, 3.63) is 36.0 Å². The fourth-order valence-corrected chi connectivity index (χ4v) is 2.97. The molecule has 2 aromatic rings. The van der Waals surface area contributed by atoms with E-state index in [2.05, 4.69) is 42.2 Å². The SMILES string of the molecule is CC1CCCCN1c1nc(CN)cc2ccccc12. The average molecular weight is 255 g/mol. The molecular formula is C16H21N3. The number of nitrogens with two attached hydrogens (primary N) is 1. The van der Waals surface area contributed by atoms with Gasteiger partial charge in [-0.3, -0.25) is 0 Å². The number of fused-ring (bicyclic) bond motifs is 1. The standard InChI is InChI=1S/C16H21N3/c1-12-6-4-5-9-19(12)16-15-8-3-2-7-13(15)10-14(11-17)18-16/h2-3,7-8,10,12H,4-6,9,11,17H2,1H3. The van der Waals surface area contributed by atoms with Gasteiger partial charge < -0.3 is 10.6 Å². The second-order valence-corrected chi connectivity index (χ2v) is 5.40. The van der Waals surface area contributed by atoms with E-state index >= 15 is 0 Å². The molecule has 100 valence electrons. The number of hydrogen-bond donors (Lipinski definition) is 1. The van der Waals surface area contributed by atoms with Gasteiger partial charge >= 0.3 is 0 Å². The number of piperidine rings is 1. The van der Waals surface area contributed by atoms with E-state index in [9.17, 15) is 0 Å². The molecule has 1 aliphatic rings. The molecule has 0 spiro atoms. The van der Waals surface area contributed by atoms with Gasteiger partial charge in [0.15, 0.2) is 0 Å². The maximum atomic E-state index is 5.79. The average Bonchev–Trinajstić information content (AvgIpc) is 2.46. The number of benzene rings is 1. The molecule has 0 aliphatic carbocycles. The van der Waals surface area contributed by atoms with E-state index < -0.39 is 0 Å². The predicted octanol–water partition coefficient (Wildman–Crippen LogP) is 3.07. The van der Waals surface area contributed by atoms with Crippen LogP contribution in [0.5, 0.6) is 0 Å². The fraction of sp³-hybridized carbons (Fsp3) is 0.438. The van der Waals surface area contributed by atoms with Crippen molar-refractivity contribution >= 4 is 16.6 Å². The van der Waals surface area contributed by atoms with Crippen LogP contribution in [0.2, 0.25) is 0 Å². The topological polar surface area (TPSA) is 42.2 Å². The van der Waals surface area contributed by atoms with E-state index in [1.165, 1.54) is 30.0 Å². The van der Waals surface area contributed by atoms with Crippen LogP contribution in [0.25, 0.3) is 10.8 Å². The Balaban J connectivity index is 2.14. The van der Waals surface area contributed by atoms with Gasteiger partial charge in [0.2, 0.25) is 0 Å². The van der Waals surface area contributed by atoms with Crippen molar-refractivity contribution in [2.24, 2.45) is 5.73 Å². The van der Waals surface area contributed by atoms with Gasteiger partial charge in [-0.2, -0.15) is 0 Å². The molecule has 1 atom stereocenters. The van der Waals surface area contributed by atoms with Gasteiger partial charge in [-0.05, 0) is 37.6 Å².